The second-order valence-corrected chi connectivity index (χ2v) is 10.4. The van der Waals surface area contributed by atoms with E-state index in [-0.39, 0.29) is 23.4 Å². The van der Waals surface area contributed by atoms with Gasteiger partial charge in [-0.05, 0) is 61.9 Å². The number of anilines is 1. The lowest BCUT2D eigenvalue weighted by atomic mass is 9.98. The van der Waals surface area contributed by atoms with Gasteiger partial charge in [-0.15, -0.1) is 0 Å². The number of rotatable bonds is 5. The number of sulfonamides is 1. The maximum Gasteiger partial charge on any atom is 0.303 e. The number of aromatic nitrogens is 1. The van der Waals surface area contributed by atoms with Gasteiger partial charge in [-0.1, -0.05) is 18.2 Å². The third kappa shape index (κ3) is 3.70. The fraction of sp³-hybridized carbons (Fsp3) is 0.455. The number of aryl methyl sites for hydroxylation is 2. The van der Waals surface area contributed by atoms with Gasteiger partial charge in [0, 0.05) is 32.3 Å². The molecule has 2 aliphatic heterocycles. The quantitative estimate of drug-likeness (QED) is 0.786. The Bertz CT molecular complexity index is 1090. The summed E-state index contributed by atoms with van der Waals surface area (Å²) in [6, 6.07) is 9.11. The standard InChI is InChI=1S/C22H27N3O4S/c1-16-6-7-17(8-9-20(26)27)13-18(16)14-24-15-22(2)10-4-12-25(22)21-19(30(24,28)29)5-3-11-23-21/h3,5-7,11,13H,4,8-10,12,14-15H2,1-2H3,(H,26,27)/t22-/m0/s1. The van der Waals surface area contributed by atoms with E-state index in [4.69, 9.17) is 5.11 Å². The predicted octanol–water partition coefficient (Wildman–Crippen LogP) is 2.97. The summed E-state index contributed by atoms with van der Waals surface area (Å²) in [5, 5.41) is 8.97. The van der Waals surface area contributed by atoms with Crippen molar-refractivity contribution in [2.24, 2.45) is 0 Å². The molecule has 160 valence electrons. The SMILES string of the molecule is Cc1ccc(CCC(=O)O)cc1CN1C[C@]2(C)CCCN2c2ncccc2S1(=O)=O. The zero-order valence-electron chi connectivity index (χ0n) is 17.3. The highest BCUT2D eigenvalue weighted by atomic mass is 32.2. The fourth-order valence-electron chi connectivity index (χ4n) is 4.57. The highest BCUT2D eigenvalue weighted by Crippen LogP contribution is 2.41. The van der Waals surface area contributed by atoms with Gasteiger partial charge in [-0.2, -0.15) is 4.31 Å². The molecular formula is C22H27N3O4S. The van der Waals surface area contributed by atoms with Gasteiger partial charge in [0.2, 0.25) is 10.0 Å². The lowest BCUT2D eigenvalue weighted by molar-refractivity contribution is -0.136. The zero-order valence-corrected chi connectivity index (χ0v) is 18.2. The number of aliphatic carboxylic acids is 1. The highest BCUT2D eigenvalue weighted by Gasteiger charge is 2.46. The molecule has 0 unspecified atom stereocenters. The number of carboxylic acids is 1. The molecule has 4 rings (SSSR count). The van der Waals surface area contributed by atoms with E-state index in [9.17, 15) is 13.2 Å². The van der Waals surface area contributed by atoms with Crippen LogP contribution in [0, 0.1) is 6.92 Å². The van der Waals surface area contributed by atoms with Gasteiger partial charge in [0.05, 0.1) is 5.54 Å². The lowest BCUT2D eigenvalue weighted by Crippen LogP contribution is -2.49. The molecule has 1 aromatic heterocycles. The number of carbonyl (C=O) groups is 1. The predicted molar refractivity (Wildman–Crippen MR) is 114 cm³/mol. The van der Waals surface area contributed by atoms with Crippen molar-refractivity contribution in [1.82, 2.24) is 9.29 Å². The monoisotopic (exact) mass is 429 g/mol. The molecule has 3 heterocycles. The molecule has 30 heavy (non-hydrogen) atoms. The van der Waals surface area contributed by atoms with E-state index in [0.29, 0.717) is 18.8 Å². The van der Waals surface area contributed by atoms with E-state index in [2.05, 4.69) is 16.8 Å². The molecule has 0 spiro atoms. The van der Waals surface area contributed by atoms with Crippen molar-refractivity contribution in [3.63, 3.8) is 0 Å². The van der Waals surface area contributed by atoms with E-state index in [1.807, 2.05) is 25.1 Å². The molecule has 1 atom stereocenters. The van der Waals surface area contributed by atoms with Crippen LogP contribution in [0.4, 0.5) is 5.82 Å². The number of hydrogen-bond acceptors (Lipinski definition) is 5. The van der Waals surface area contributed by atoms with Crippen LogP contribution in [-0.4, -0.2) is 47.4 Å². The highest BCUT2D eigenvalue weighted by molar-refractivity contribution is 7.89. The normalized spacial score (nSPS) is 22.9. The Balaban J connectivity index is 1.73. The molecule has 1 saturated heterocycles. The van der Waals surface area contributed by atoms with Crippen LogP contribution in [0.2, 0.25) is 0 Å². The van der Waals surface area contributed by atoms with Gasteiger partial charge in [0.1, 0.15) is 10.7 Å². The first-order valence-electron chi connectivity index (χ1n) is 10.2. The maximum absolute atomic E-state index is 13.6. The van der Waals surface area contributed by atoms with Crippen LogP contribution in [0.25, 0.3) is 0 Å². The summed E-state index contributed by atoms with van der Waals surface area (Å²) < 4.78 is 28.8. The molecule has 0 saturated carbocycles. The Labute approximate surface area is 177 Å². The van der Waals surface area contributed by atoms with Gasteiger partial charge >= 0.3 is 5.97 Å². The Morgan fingerprint density at radius 1 is 1.30 bits per heavy atom. The third-order valence-electron chi connectivity index (χ3n) is 6.28. The van der Waals surface area contributed by atoms with Crippen LogP contribution in [0.3, 0.4) is 0 Å². The molecule has 1 aromatic carbocycles. The Morgan fingerprint density at radius 2 is 2.10 bits per heavy atom. The molecule has 1 N–H and O–H groups in total. The lowest BCUT2D eigenvalue weighted by Gasteiger charge is -2.36. The van der Waals surface area contributed by atoms with E-state index >= 15 is 0 Å². The molecule has 7 nitrogen and oxygen atoms in total. The minimum Gasteiger partial charge on any atom is -0.481 e. The van der Waals surface area contributed by atoms with Crippen LogP contribution in [0.5, 0.6) is 0 Å². The van der Waals surface area contributed by atoms with Gasteiger partial charge in [-0.3, -0.25) is 4.79 Å². The number of pyridine rings is 1. The Morgan fingerprint density at radius 3 is 2.87 bits per heavy atom. The fourth-order valence-corrected chi connectivity index (χ4v) is 6.25. The number of carboxylic acid groups (broad SMARTS) is 1. The zero-order chi connectivity index (χ0) is 21.5. The summed E-state index contributed by atoms with van der Waals surface area (Å²) >= 11 is 0. The van der Waals surface area contributed by atoms with Crippen molar-refractivity contribution < 1.29 is 18.3 Å². The van der Waals surface area contributed by atoms with Crippen molar-refractivity contribution >= 4 is 21.8 Å². The van der Waals surface area contributed by atoms with E-state index in [0.717, 1.165) is 36.1 Å². The molecule has 1 fully saturated rings. The number of fused-ring (bicyclic) bond motifs is 3. The van der Waals surface area contributed by atoms with Crippen LogP contribution >= 0.6 is 0 Å². The van der Waals surface area contributed by atoms with Crippen molar-refractivity contribution in [2.75, 3.05) is 18.0 Å². The Hall–Kier alpha value is -2.45. The maximum atomic E-state index is 13.6. The second-order valence-electron chi connectivity index (χ2n) is 8.50. The van der Waals surface area contributed by atoms with E-state index in [1.54, 1.807) is 22.6 Å². The number of hydrogen-bond donors (Lipinski definition) is 1. The van der Waals surface area contributed by atoms with Crippen molar-refractivity contribution in [3.05, 3.63) is 53.2 Å². The van der Waals surface area contributed by atoms with Crippen LogP contribution in [0.15, 0.2) is 41.4 Å². The van der Waals surface area contributed by atoms with Crippen molar-refractivity contribution in [3.8, 4) is 0 Å². The molecule has 8 heteroatoms. The van der Waals surface area contributed by atoms with E-state index < -0.39 is 16.0 Å². The van der Waals surface area contributed by atoms with Crippen LogP contribution in [-0.2, 0) is 27.8 Å². The molecule has 0 radical (unpaired) electrons. The minimum atomic E-state index is -3.72. The average molecular weight is 430 g/mol. The van der Waals surface area contributed by atoms with E-state index in [1.165, 1.54) is 0 Å². The first kappa shape index (κ1) is 20.8. The minimum absolute atomic E-state index is 0.0522. The summed E-state index contributed by atoms with van der Waals surface area (Å²) in [6.07, 6.45) is 4.04. The first-order valence-corrected chi connectivity index (χ1v) is 11.7. The van der Waals surface area contributed by atoms with Gasteiger partial charge < -0.3 is 10.0 Å². The number of benzene rings is 1. The largest absolute Gasteiger partial charge is 0.481 e. The summed E-state index contributed by atoms with van der Waals surface area (Å²) in [5.41, 5.74) is 2.50. The van der Waals surface area contributed by atoms with Gasteiger partial charge in [0.25, 0.3) is 0 Å². The average Bonchev–Trinajstić information content (AvgIpc) is 3.06. The molecular weight excluding hydrogens is 402 g/mol. The Kier molecular flexibility index (Phi) is 5.32. The molecule has 0 bridgehead atoms. The van der Waals surface area contributed by atoms with Crippen molar-refractivity contribution in [2.45, 2.75) is 56.5 Å². The summed E-state index contributed by atoms with van der Waals surface area (Å²) in [4.78, 5) is 17.8. The summed E-state index contributed by atoms with van der Waals surface area (Å²) in [5.74, 6) is -0.294. The number of nitrogens with zero attached hydrogens (tertiary/aromatic N) is 3. The first-order chi connectivity index (χ1) is 14.2. The van der Waals surface area contributed by atoms with Gasteiger partial charge in [0.15, 0.2) is 0 Å². The molecule has 0 aliphatic carbocycles. The molecule has 2 aliphatic rings. The smallest absolute Gasteiger partial charge is 0.303 e. The second kappa shape index (κ2) is 7.67. The van der Waals surface area contributed by atoms with Crippen LogP contribution in [0.1, 0.15) is 42.9 Å². The van der Waals surface area contributed by atoms with Crippen LogP contribution < -0.4 is 4.90 Å². The molecule has 2 aromatic rings. The topological polar surface area (TPSA) is 90.8 Å². The molecule has 0 amide bonds. The summed E-state index contributed by atoms with van der Waals surface area (Å²) in [6.45, 7) is 5.52. The third-order valence-corrected chi connectivity index (χ3v) is 8.09. The van der Waals surface area contributed by atoms with Crippen molar-refractivity contribution in [1.29, 1.82) is 0 Å². The summed E-state index contributed by atoms with van der Waals surface area (Å²) in [7, 11) is -3.72. The van der Waals surface area contributed by atoms with Gasteiger partial charge in [-0.25, -0.2) is 13.4 Å².